The van der Waals surface area contributed by atoms with Crippen LogP contribution in [-0.4, -0.2) is 4.57 Å². The second-order valence-electron chi connectivity index (χ2n) is 10.9. The lowest BCUT2D eigenvalue weighted by atomic mass is 9.92. The average molecular weight is 562 g/mol. The number of nitrogens with zero attached hydrogens (tertiary/aromatic N) is 1. The highest BCUT2D eigenvalue weighted by atomic mass is 31.1. The quantitative estimate of drug-likeness (QED) is 0.163. The van der Waals surface area contributed by atoms with E-state index in [1.807, 2.05) is 6.08 Å². The fraction of sp³-hybridized carbons (Fsp3) is 0.100. The topological polar surface area (TPSA) is 4.93 Å². The van der Waals surface area contributed by atoms with Crippen LogP contribution in [0.25, 0.3) is 28.2 Å². The minimum Gasteiger partial charge on any atom is -0.309 e. The molecule has 0 bridgehead atoms. The van der Waals surface area contributed by atoms with E-state index >= 15 is 0 Å². The normalized spacial score (nSPS) is 11.1. The molecule has 0 atom stereocenters. The zero-order valence-electron chi connectivity index (χ0n) is 24.6. The van der Waals surface area contributed by atoms with Crippen molar-refractivity contribution in [3.05, 3.63) is 174 Å². The summed E-state index contributed by atoms with van der Waals surface area (Å²) in [4.78, 5) is 0. The molecular formula is C40H36NP. The van der Waals surface area contributed by atoms with Crippen LogP contribution in [0.5, 0.6) is 0 Å². The van der Waals surface area contributed by atoms with Gasteiger partial charge in [0.2, 0.25) is 0 Å². The molecule has 6 aromatic rings. The molecule has 1 heterocycles. The Hall–Kier alpha value is -4.45. The molecule has 206 valence electrons. The summed E-state index contributed by atoms with van der Waals surface area (Å²) in [5, 5.41) is 4.03. The minimum absolute atomic E-state index is 0.505. The van der Waals surface area contributed by atoms with E-state index in [9.17, 15) is 0 Å². The SMILES string of the molecule is C=Cc1c(C(=C(C)C)c2ccccc2C)n(-c2ccc(CP(c3ccccc3)c3ccccc3)cc2)c2ccccc12. The molecule has 0 amide bonds. The first-order valence-electron chi connectivity index (χ1n) is 14.5. The molecule has 0 aliphatic carbocycles. The third kappa shape index (κ3) is 5.29. The summed E-state index contributed by atoms with van der Waals surface area (Å²) in [5.41, 5.74) is 11.1. The monoisotopic (exact) mass is 561 g/mol. The Balaban J connectivity index is 1.48. The summed E-state index contributed by atoms with van der Waals surface area (Å²) in [6.45, 7) is 10.9. The molecule has 0 unspecified atom stereocenters. The second kappa shape index (κ2) is 12.2. The van der Waals surface area contributed by atoms with Crippen LogP contribution in [0.4, 0.5) is 0 Å². The Morgan fingerprint density at radius 1 is 0.690 bits per heavy atom. The molecule has 6 rings (SSSR count). The molecule has 0 saturated heterocycles. The van der Waals surface area contributed by atoms with Crippen molar-refractivity contribution in [2.24, 2.45) is 0 Å². The van der Waals surface area contributed by atoms with Crippen molar-refractivity contribution in [1.82, 2.24) is 4.57 Å². The fourth-order valence-corrected chi connectivity index (χ4v) is 8.26. The maximum Gasteiger partial charge on any atom is 0.0618 e. The first kappa shape index (κ1) is 27.7. The van der Waals surface area contributed by atoms with Crippen molar-refractivity contribution in [2.75, 3.05) is 0 Å². The van der Waals surface area contributed by atoms with Crippen molar-refractivity contribution in [1.29, 1.82) is 0 Å². The number of fused-ring (bicyclic) bond motifs is 1. The molecule has 1 nitrogen and oxygen atoms in total. The van der Waals surface area contributed by atoms with E-state index in [1.54, 1.807) is 0 Å². The molecule has 0 aliphatic heterocycles. The first-order chi connectivity index (χ1) is 20.6. The highest BCUT2D eigenvalue weighted by Crippen LogP contribution is 2.41. The maximum atomic E-state index is 4.28. The van der Waals surface area contributed by atoms with Gasteiger partial charge in [-0.05, 0) is 74.2 Å². The number of hydrogen-bond donors (Lipinski definition) is 0. The fourth-order valence-electron chi connectivity index (χ4n) is 5.95. The number of para-hydroxylation sites is 1. The van der Waals surface area contributed by atoms with Crippen molar-refractivity contribution in [2.45, 2.75) is 26.9 Å². The zero-order valence-corrected chi connectivity index (χ0v) is 25.5. The van der Waals surface area contributed by atoms with E-state index in [0.29, 0.717) is 0 Å². The van der Waals surface area contributed by atoms with Gasteiger partial charge < -0.3 is 4.57 Å². The molecule has 5 aromatic carbocycles. The van der Waals surface area contributed by atoms with Gasteiger partial charge in [-0.3, -0.25) is 0 Å². The summed E-state index contributed by atoms with van der Waals surface area (Å²) in [6, 6.07) is 48.5. The summed E-state index contributed by atoms with van der Waals surface area (Å²) in [6.07, 6.45) is 3.03. The molecule has 0 radical (unpaired) electrons. The third-order valence-corrected chi connectivity index (χ3v) is 10.5. The number of rotatable bonds is 8. The lowest BCUT2D eigenvalue weighted by Crippen LogP contribution is -2.13. The predicted octanol–water partition coefficient (Wildman–Crippen LogP) is 10.1. The number of allylic oxidation sites excluding steroid dienone is 1. The average Bonchev–Trinajstić information content (AvgIpc) is 3.35. The summed E-state index contributed by atoms with van der Waals surface area (Å²) >= 11 is 0. The van der Waals surface area contributed by atoms with Crippen LogP contribution in [0, 0.1) is 6.92 Å². The van der Waals surface area contributed by atoms with Crippen LogP contribution in [0.3, 0.4) is 0 Å². The van der Waals surface area contributed by atoms with Gasteiger partial charge in [0.15, 0.2) is 0 Å². The lowest BCUT2D eigenvalue weighted by Gasteiger charge is -2.20. The van der Waals surface area contributed by atoms with Gasteiger partial charge in [-0.25, -0.2) is 0 Å². The first-order valence-corrected chi connectivity index (χ1v) is 16.1. The van der Waals surface area contributed by atoms with Crippen LogP contribution < -0.4 is 10.6 Å². The van der Waals surface area contributed by atoms with Crippen molar-refractivity contribution < 1.29 is 0 Å². The largest absolute Gasteiger partial charge is 0.309 e. The number of benzene rings is 5. The summed E-state index contributed by atoms with van der Waals surface area (Å²) in [5.74, 6) is 0. The van der Waals surface area contributed by atoms with E-state index in [-0.39, 0.29) is 0 Å². The van der Waals surface area contributed by atoms with Crippen LogP contribution in [-0.2, 0) is 6.16 Å². The van der Waals surface area contributed by atoms with Gasteiger partial charge >= 0.3 is 0 Å². The smallest absolute Gasteiger partial charge is 0.0618 e. The predicted molar refractivity (Wildman–Crippen MR) is 185 cm³/mol. The van der Waals surface area contributed by atoms with Gasteiger partial charge in [0, 0.05) is 28.4 Å². The van der Waals surface area contributed by atoms with E-state index in [4.69, 9.17) is 0 Å². The van der Waals surface area contributed by atoms with Crippen LogP contribution in [0.2, 0.25) is 0 Å². The third-order valence-electron chi connectivity index (χ3n) is 7.94. The Bertz CT molecular complexity index is 1830. The standard InChI is InChI=1S/C40H36NP/c1-5-35-37-22-14-15-23-38(37)41(40(35)39(29(2)3)36-21-13-12-16-30(36)4)32-26-24-31(25-27-32)28-42(33-17-8-6-9-18-33)34-19-10-7-11-20-34/h5-27H,1,28H2,2-4H3. The van der Waals surface area contributed by atoms with E-state index < -0.39 is 7.92 Å². The zero-order chi connectivity index (χ0) is 29.1. The molecule has 0 saturated carbocycles. The molecular weight excluding hydrogens is 525 g/mol. The second-order valence-corrected chi connectivity index (χ2v) is 13.1. The molecule has 2 heteroatoms. The number of hydrogen-bond acceptors (Lipinski definition) is 0. The van der Waals surface area contributed by atoms with Gasteiger partial charge in [-0.15, -0.1) is 0 Å². The number of aromatic nitrogens is 1. The van der Waals surface area contributed by atoms with Crippen molar-refractivity contribution in [3.63, 3.8) is 0 Å². The molecule has 0 aliphatic rings. The minimum atomic E-state index is -0.505. The maximum absolute atomic E-state index is 4.28. The summed E-state index contributed by atoms with van der Waals surface area (Å²) < 4.78 is 2.43. The van der Waals surface area contributed by atoms with Gasteiger partial charge in [-0.2, -0.15) is 0 Å². The Kier molecular flexibility index (Phi) is 8.04. The highest BCUT2D eigenvalue weighted by Gasteiger charge is 2.23. The Morgan fingerprint density at radius 3 is 1.86 bits per heavy atom. The molecule has 1 aromatic heterocycles. The van der Waals surface area contributed by atoms with E-state index in [2.05, 4.69) is 165 Å². The van der Waals surface area contributed by atoms with Crippen LogP contribution in [0.15, 0.2) is 146 Å². The van der Waals surface area contributed by atoms with Crippen LogP contribution in [0.1, 0.15) is 41.8 Å². The molecule has 0 N–H and O–H groups in total. The molecule has 42 heavy (non-hydrogen) atoms. The lowest BCUT2D eigenvalue weighted by molar-refractivity contribution is 1.08. The number of aryl methyl sites for hydroxylation is 1. The van der Waals surface area contributed by atoms with Gasteiger partial charge in [0.1, 0.15) is 0 Å². The molecule has 0 spiro atoms. The van der Waals surface area contributed by atoms with Gasteiger partial charge in [-0.1, -0.05) is 133 Å². The van der Waals surface area contributed by atoms with Crippen molar-refractivity contribution in [3.8, 4) is 5.69 Å². The Morgan fingerprint density at radius 2 is 1.26 bits per heavy atom. The van der Waals surface area contributed by atoms with Crippen LogP contribution >= 0.6 is 7.92 Å². The van der Waals surface area contributed by atoms with Crippen molar-refractivity contribution >= 4 is 41.1 Å². The van der Waals surface area contributed by atoms with Gasteiger partial charge in [0.05, 0.1) is 11.2 Å². The summed E-state index contributed by atoms with van der Waals surface area (Å²) in [7, 11) is -0.505. The van der Waals surface area contributed by atoms with E-state index in [0.717, 1.165) is 11.8 Å². The Labute approximate surface area is 251 Å². The van der Waals surface area contributed by atoms with Gasteiger partial charge in [0.25, 0.3) is 0 Å². The van der Waals surface area contributed by atoms with E-state index in [1.165, 1.54) is 60.6 Å². The molecule has 0 fully saturated rings. The highest BCUT2D eigenvalue weighted by molar-refractivity contribution is 7.72.